The van der Waals surface area contributed by atoms with Crippen LogP contribution >= 0.6 is 11.6 Å². The van der Waals surface area contributed by atoms with E-state index in [1.54, 1.807) is 7.11 Å². The Hall–Kier alpha value is -1.67. The third-order valence-electron chi connectivity index (χ3n) is 2.35. The van der Waals surface area contributed by atoms with Crippen LogP contribution in [0.15, 0.2) is 48.5 Å². The summed E-state index contributed by atoms with van der Waals surface area (Å²) in [6.07, 6.45) is 0. The van der Waals surface area contributed by atoms with E-state index in [1.807, 2.05) is 48.5 Å². The van der Waals surface area contributed by atoms with Gasteiger partial charge in [0.15, 0.2) is 0 Å². The SMILES string of the molecule is COc1cccc(Oc2ccc(CCl)cc2)c1. The third-order valence-corrected chi connectivity index (χ3v) is 2.66. The Morgan fingerprint density at radius 2 is 1.65 bits per heavy atom. The zero-order chi connectivity index (χ0) is 12.1. The maximum Gasteiger partial charge on any atom is 0.131 e. The molecule has 0 aliphatic heterocycles. The predicted octanol–water partition coefficient (Wildman–Crippen LogP) is 4.23. The van der Waals surface area contributed by atoms with Crippen LogP contribution in [0.25, 0.3) is 0 Å². The minimum atomic E-state index is 0.513. The fraction of sp³-hybridized carbons (Fsp3) is 0.143. The summed E-state index contributed by atoms with van der Waals surface area (Å²) in [7, 11) is 1.63. The number of benzene rings is 2. The van der Waals surface area contributed by atoms with E-state index in [-0.39, 0.29) is 0 Å². The molecule has 0 saturated heterocycles. The monoisotopic (exact) mass is 248 g/mol. The number of alkyl halides is 1. The van der Waals surface area contributed by atoms with Gasteiger partial charge in [-0.25, -0.2) is 0 Å². The molecule has 0 heterocycles. The molecule has 88 valence electrons. The summed E-state index contributed by atoms with van der Waals surface area (Å²) in [5.41, 5.74) is 1.07. The summed E-state index contributed by atoms with van der Waals surface area (Å²) < 4.78 is 10.8. The number of halogens is 1. The molecule has 0 bridgehead atoms. The smallest absolute Gasteiger partial charge is 0.131 e. The highest BCUT2D eigenvalue weighted by atomic mass is 35.5. The van der Waals surface area contributed by atoms with Gasteiger partial charge in [0.25, 0.3) is 0 Å². The number of hydrogen-bond donors (Lipinski definition) is 0. The highest BCUT2D eigenvalue weighted by Gasteiger charge is 1.99. The second-order valence-electron chi connectivity index (χ2n) is 3.56. The number of methoxy groups -OCH3 is 1. The molecule has 0 aliphatic carbocycles. The molecule has 0 unspecified atom stereocenters. The molecule has 0 saturated carbocycles. The van der Waals surface area contributed by atoms with Crippen molar-refractivity contribution in [2.24, 2.45) is 0 Å². The van der Waals surface area contributed by atoms with E-state index in [2.05, 4.69) is 0 Å². The molecule has 0 aromatic heterocycles. The lowest BCUT2D eigenvalue weighted by atomic mass is 10.2. The maximum atomic E-state index is 5.72. The molecular weight excluding hydrogens is 236 g/mol. The second kappa shape index (κ2) is 5.60. The molecule has 0 spiro atoms. The molecule has 0 fully saturated rings. The summed E-state index contributed by atoms with van der Waals surface area (Å²) in [6, 6.07) is 15.2. The van der Waals surface area contributed by atoms with Gasteiger partial charge in [-0.05, 0) is 29.8 Å². The van der Waals surface area contributed by atoms with Gasteiger partial charge < -0.3 is 9.47 Å². The van der Waals surface area contributed by atoms with E-state index in [0.717, 1.165) is 22.8 Å². The second-order valence-corrected chi connectivity index (χ2v) is 3.83. The molecule has 2 nitrogen and oxygen atoms in total. The van der Waals surface area contributed by atoms with Crippen LogP contribution in [0.2, 0.25) is 0 Å². The van der Waals surface area contributed by atoms with Gasteiger partial charge in [0.05, 0.1) is 7.11 Å². The van der Waals surface area contributed by atoms with E-state index in [1.165, 1.54) is 0 Å². The van der Waals surface area contributed by atoms with Gasteiger partial charge in [0.2, 0.25) is 0 Å². The number of hydrogen-bond acceptors (Lipinski definition) is 2. The minimum Gasteiger partial charge on any atom is -0.497 e. The number of ether oxygens (including phenoxy) is 2. The minimum absolute atomic E-state index is 0.513. The Bertz CT molecular complexity index is 480. The zero-order valence-electron chi connectivity index (χ0n) is 9.52. The van der Waals surface area contributed by atoms with E-state index >= 15 is 0 Å². The average Bonchev–Trinajstić information content (AvgIpc) is 2.40. The van der Waals surface area contributed by atoms with Crippen molar-refractivity contribution in [1.29, 1.82) is 0 Å². The highest BCUT2D eigenvalue weighted by molar-refractivity contribution is 6.17. The van der Waals surface area contributed by atoms with Crippen molar-refractivity contribution in [3.05, 3.63) is 54.1 Å². The lowest BCUT2D eigenvalue weighted by Gasteiger charge is -2.07. The molecule has 17 heavy (non-hydrogen) atoms. The lowest BCUT2D eigenvalue weighted by molar-refractivity contribution is 0.409. The molecule has 0 atom stereocenters. The standard InChI is InChI=1S/C14H13ClO2/c1-16-13-3-2-4-14(9-13)17-12-7-5-11(10-15)6-8-12/h2-9H,10H2,1H3. The molecule has 2 aromatic carbocycles. The first-order valence-corrected chi connectivity index (χ1v) is 5.82. The van der Waals surface area contributed by atoms with Gasteiger partial charge in [0, 0.05) is 11.9 Å². The van der Waals surface area contributed by atoms with Crippen LogP contribution in [-0.2, 0) is 5.88 Å². The summed E-state index contributed by atoms with van der Waals surface area (Å²) in [6.45, 7) is 0. The van der Waals surface area contributed by atoms with E-state index in [0.29, 0.717) is 5.88 Å². The van der Waals surface area contributed by atoms with Crippen LogP contribution in [-0.4, -0.2) is 7.11 Å². The molecule has 0 N–H and O–H groups in total. The summed E-state index contributed by atoms with van der Waals surface area (Å²) in [5.74, 6) is 2.83. The Labute approximate surface area is 106 Å². The first-order valence-electron chi connectivity index (χ1n) is 5.28. The Kier molecular flexibility index (Phi) is 3.89. The molecular formula is C14H13ClO2. The van der Waals surface area contributed by atoms with Gasteiger partial charge >= 0.3 is 0 Å². The molecule has 2 rings (SSSR count). The van der Waals surface area contributed by atoms with Crippen LogP contribution in [0.3, 0.4) is 0 Å². The van der Waals surface area contributed by atoms with Crippen LogP contribution in [0.1, 0.15) is 5.56 Å². The fourth-order valence-corrected chi connectivity index (χ4v) is 1.63. The van der Waals surface area contributed by atoms with Gasteiger partial charge in [0.1, 0.15) is 17.2 Å². The Balaban J connectivity index is 2.13. The van der Waals surface area contributed by atoms with Crippen molar-refractivity contribution in [3.8, 4) is 17.2 Å². The largest absolute Gasteiger partial charge is 0.497 e. The maximum absolute atomic E-state index is 5.72. The first-order chi connectivity index (χ1) is 8.31. The van der Waals surface area contributed by atoms with Crippen molar-refractivity contribution < 1.29 is 9.47 Å². The van der Waals surface area contributed by atoms with Crippen molar-refractivity contribution in [3.63, 3.8) is 0 Å². The van der Waals surface area contributed by atoms with E-state index < -0.39 is 0 Å². The van der Waals surface area contributed by atoms with E-state index in [9.17, 15) is 0 Å². The summed E-state index contributed by atoms with van der Waals surface area (Å²) >= 11 is 5.72. The third kappa shape index (κ3) is 3.14. The molecule has 0 amide bonds. The van der Waals surface area contributed by atoms with Gasteiger partial charge in [-0.2, -0.15) is 0 Å². The van der Waals surface area contributed by atoms with Crippen molar-refractivity contribution >= 4 is 11.6 Å². The van der Waals surface area contributed by atoms with Crippen LogP contribution in [0.5, 0.6) is 17.2 Å². The topological polar surface area (TPSA) is 18.5 Å². The summed E-state index contributed by atoms with van der Waals surface area (Å²) in [5, 5.41) is 0. The zero-order valence-corrected chi connectivity index (χ0v) is 10.3. The normalized spacial score (nSPS) is 10.0. The predicted molar refractivity (Wildman–Crippen MR) is 69.1 cm³/mol. The van der Waals surface area contributed by atoms with Crippen LogP contribution < -0.4 is 9.47 Å². The Morgan fingerprint density at radius 3 is 2.29 bits per heavy atom. The quantitative estimate of drug-likeness (QED) is 0.754. The summed E-state index contributed by atoms with van der Waals surface area (Å²) in [4.78, 5) is 0. The lowest BCUT2D eigenvalue weighted by Crippen LogP contribution is -1.87. The number of rotatable bonds is 4. The molecule has 0 radical (unpaired) electrons. The van der Waals surface area contributed by atoms with Gasteiger partial charge in [-0.15, -0.1) is 11.6 Å². The van der Waals surface area contributed by atoms with Crippen molar-refractivity contribution in [2.45, 2.75) is 5.88 Å². The average molecular weight is 249 g/mol. The highest BCUT2D eigenvalue weighted by Crippen LogP contribution is 2.25. The molecule has 0 aliphatic rings. The van der Waals surface area contributed by atoms with Crippen LogP contribution in [0.4, 0.5) is 0 Å². The Morgan fingerprint density at radius 1 is 0.941 bits per heavy atom. The fourth-order valence-electron chi connectivity index (χ4n) is 1.45. The van der Waals surface area contributed by atoms with Crippen molar-refractivity contribution in [1.82, 2.24) is 0 Å². The van der Waals surface area contributed by atoms with Gasteiger partial charge in [-0.1, -0.05) is 18.2 Å². The van der Waals surface area contributed by atoms with Gasteiger partial charge in [-0.3, -0.25) is 0 Å². The first kappa shape index (κ1) is 11.8. The molecule has 2 aromatic rings. The molecule has 3 heteroatoms. The van der Waals surface area contributed by atoms with E-state index in [4.69, 9.17) is 21.1 Å². The van der Waals surface area contributed by atoms with Crippen molar-refractivity contribution in [2.75, 3.05) is 7.11 Å². The van der Waals surface area contributed by atoms with Crippen LogP contribution in [0, 0.1) is 0 Å².